The van der Waals surface area contributed by atoms with Crippen LogP contribution in [0, 0.1) is 11.2 Å². The predicted molar refractivity (Wildman–Crippen MR) is 35.9 cm³/mol. The lowest BCUT2D eigenvalue weighted by Gasteiger charge is -2.30. The Morgan fingerprint density at radius 2 is 1.89 bits per heavy atom. The number of rotatable bonds is 1. The van der Waals surface area contributed by atoms with Gasteiger partial charge in [-0.2, -0.15) is 0 Å². The van der Waals surface area contributed by atoms with E-state index in [0.717, 1.165) is 13.1 Å². The van der Waals surface area contributed by atoms with Crippen LogP contribution in [0.2, 0.25) is 0 Å². The van der Waals surface area contributed by atoms with E-state index in [1.807, 2.05) is 0 Å². The van der Waals surface area contributed by atoms with Gasteiger partial charge in [0.05, 0.1) is 0 Å². The molecule has 0 bridgehead atoms. The summed E-state index contributed by atoms with van der Waals surface area (Å²) >= 11 is 0. The van der Waals surface area contributed by atoms with Crippen molar-refractivity contribution in [1.82, 2.24) is 0 Å². The van der Waals surface area contributed by atoms with Crippen LogP contribution in [0.15, 0.2) is 0 Å². The zero-order valence-corrected chi connectivity index (χ0v) is 5.56. The molecule has 1 heterocycles. The molecule has 0 spiro atoms. The summed E-state index contributed by atoms with van der Waals surface area (Å²) in [4.78, 5) is 1.35. The highest BCUT2D eigenvalue weighted by Crippen LogP contribution is 1.93. The number of hydrogen-bond donors (Lipinski definition) is 1. The zero-order valence-electron chi connectivity index (χ0n) is 5.56. The molecule has 9 heavy (non-hydrogen) atoms. The Morgan fingerprint density at radius 3 is 2.44 bits per heavy atom. The SMILES string of the molecule is N#C[B-][NH+]1CCCCC1. The molecule has 1 rings (SSSR count). The number of nitrogens with zero attached hydrogens (tertiary/aromatic N) is 1. The number of piperidine rings is 1. The summed E-state index contributed by atoms with van der Waals surface area (Å²) in [6.07, 6.45) is 3.92. The Kier molecular flexibility index (Phi) is 2.60. The topological polar surface area (TPSA) is 28.2 Å². The third kappa shape index (κ3) is 2.07. The van der Waals surface area contributed by atoms with E-state index in [9.17, 15) is 0 Å². The number of quaternary nitrogens is 1. The molecular weight excluding hydrogens is 111 g/mol. The summed E-state index contributed by atoms with van der Waals surface area (Å²) in [7, 11) is 1.71. The molecule has 1 aliphatic heterocycles. The minimum absolute atomic E-state index is 1.16. The predicted octanol–water partition coefficient (Wildman–Crippen LogP) is -0.845. The quantitative estimate of drug-likeness (QED) is 0.451. The molecule has 1 aliphatic rings. The normalized spacial score (nSPS) is 21.2. The second-order valence-corrected chi connectivity index (χ2v) is 2.49. The summed E-state index contributed by atoms with van der Waals surface area (Å²) in [6.45, 7) is 2.32. The Labute approximate surface area is 56.7 Å². The van der Waals surface area contributed by atoms with Gasteiger partial charge in [0, 0.05) is 13.1 Å². The van der Waals surface area contributed by atoms with Gasteiger partial charge in [0.15, 0.2) is 0 Å². The third-order valence-corrected chi connectivity index (χ3v) is 1.76. The smallest absolute Gasteiger partial charge is 0.125 e. The molecule has 2 nitrogen and oxygen atoms in total. The molecule has 1 fully saturated rings. The van der Waals surface area contributed by atoms with Crippen molar-refractivity contribution in [1.29, 1.82) is 5.26 Å². The van der Waals surface area contributed by atoms with Gasteiger partial charge in [0.1, 0.15) is 7.41 Å². The lowest BCUT2D eigenvalue weighted by Crippen LogP contribution is -3.14. The van der Waals surface area contributed by atoms with Crippen molar-refractivity contribution in [3.8, 4) is 5.97 Å². The minimum atomic E-state index is 1.16. The molecule has 0 aromatic rings. The Hall–Kier alpha value is -0.485. The highest BCUT2D eigenvalue weighted by Gasteiger charge is 2.03. The molecule has 1 saturated heterocycles. The van der Waals surface area contributed by atoms with Crippen LogP contribution in [0.1, 0.15) is 19.3 Å². The Morgan fingerprint density at radius 1 is 1.22 bits per heavy atom. The van der Waals surface area contributed by atoms with E-state index in [1.54, 1.807) is 7.41 Å². The molecule has 0 aromatic heterocycles. The molecule has 0 atom stereocenters. The summed E-state index contributed by atoms with van der Waals surface area (Å²) in [6, 6.07) is 0. The molecule has 0 unspecified atom stereocenters. The molecule has 3 heteroatoms. The Bertz CT molecular complexity index is 113. The fraction of sp³-hybridized carbons (Fsp3) is 0.833. The van der Waals surface area contributed by atoms with E-state index in [2.05, 4.69) is 5.97 Å². The molecule has 48 valence electrons. The molecular formula is C6H11BN2. The van der Waals surface area contributed by atoms with Crippen molar-refractivity contribution in [2.24, 2.45) is 0 Å². The number of nitriles is 1. The standard InChI is InChI=1S/C6H11BN2/c8-6-7-9-4-2-1-3-5-9/h9H,1-5H2. The second-order valence-electron chi connectivity index (χ2n) is 2.49. The van der Waals surface area contributed by atoms with Gasteiger partial charge in [0.25, 0.3) is 0 Å². The van der Waals surface area contributed by atoms with Gasteiger partial charge in [-0.15, -0.1) is 5.97 Å². The van der Waals surface area contributed by atoms with Crippen molar-refractivity contribution in [2.75, 3.05) is 13.1 Å². The van der Waals surface area contributed by atoms with Crippen molar-refractivity contribution in [2.45, 2.75) is 19.3 Å². The molecule has 0 aliphatic carbocycles. The van der Waals surface area contributed by atoms with Crippen molar-refractivity contribution in [3.63, 3.8) is 0 Å². The van der Waals surface area contributed by atoms with Crippen molar-refractivity contribution >= 4 is 7.41 Å². The van der Waals surface area contributed by atoms with E-state index in [1.165, 1.54) is 24.1 Å². The maximum absolute atomic E-state index is 8.29. The van der Waals surface area contributed by atoms with Crippen LogP contribution >= 0.6 is 0 Å². The first-order valence-electron chi connectivity index (χ1n) is 3.51. The van der Waals surface area contributed by atoms with E-state index >= 15 is 0 Å². The van der Waals surface area contributed by atoms with Crippen LogP contribution in [0.4, 0.5) is 0 Å². The summed E-state index contributed by atoms with van der Waals surface area (Å²) in [5.74, 6) is 2.08. The maximum atomic E-state index is 8.29. The molecule has 0 aromatic carbocycles. The van der Waals surface area contributed by atoms with Gasteiger partial charge in [-0.1, -0.05) is 0 Å². The van der Waals surface area contributed by atoms with Crippen molar-refractivity contribution < 1.29 is 4.81 Å². The van der Waals surface area contributed by atoms with Crippen LogP contribution in [0.3, 0.4) is 0 Å². The average Bonchev–Trinajstić information content (AvgIpc) is 1.91. The highest BCUT2D eigenvalue weighted by atomic mass is 15.0. The second kappa shape index (κ2) is 3.52. The van der Waals surface area contributed by atoms with Gasteiger partial charge in [0.2, 0.25) is 0 Å². The fourth-order valence-electron chi connectivity index (χ4n) is 1.24. The third-order valence-electron chi connectivity index (χ3n) is 1.76. The van der Waals surface area contributed by atoms with Gasteiger partial charge >= 0.3 is 0 Å². The first-order valence-corrected chi connectivity index (χ1v) is 3.51. The summed E-state index contributed by atoms with van der Waals surface area (Å²) in [5, 5.41) is 8.29. The van der Waals surface area contributed by atoms with E-state index in [-0.39, 0.29) is 0 Å². The molecule has 0 saturated carbocycles. The van der Waals surface area contributed by atoms with Crippen LogP contribution < -0.4 is 4.81 Å². The van der Waals surface area contributed by atoms with Gasteiger partial charge < -0.3 is 4.81 Å². The first-order chi connectivity index (χ1) is 4.43. The van der Waals surface area contributed by atoms with E-state index in [0.29, 0.717) is 0 Å². The molecule has 2 radical (unpaired) electrons. The number of hydrogen-bond acceptors (Lipinski definition) is 1. The summed E-state index contributed by atoms with van der Waals surface area (Å²) < 4.78 is 0. The van der Waals surface area contributed by atoms with Crippen LogP contribution in [0.5, 0.6) is 0 Å². The maximum Gasteiger partial charge on any atom is 0.125 e. The largest absolute Gasteiger partial charge is 0.558 e. The Balaban J connectivity index is 2.17. The fourth-order valence-corrected chi connectivity index (χ4v) is 1.24. The van der Waals surface area contributed by atoms with E-state index in [4.69, 9.17) is 5.26 Å². The van der Waals surface area contributed by atoms with Crippen molar-refractivity contribution in [3.05, 3.63) is 0 Å². The van der Waals surface area contributed by atoms with Gasteiger partial charge in [-0.05, 0) is 19.3 Å². The highest BCUT2D eigenvalue weighted by molar-refractivity contribution is 6.35. The van der Waals surface area contributed by atoms with Crippen LogP contribution in [0.25, 0.3) is 0 Å². The van der Waals surface area contributed by atoms with Crippen LogP contribution in [-0.2, 0) is 0 Å². The summed E-state index contributed by atoms with van der Waals surface area (Å²) in [5.41, 5.74) is 0. The van der Waals surface area contributed by atoms with Gasteiger partial charge in [-0.3, -0.25) is 0 Å². The monoisotopic (exact) mass is 122 g/mol. The number of nitrogens with one attached hydrogen (secondary N) is 1. The molecule has 1 N–H and O–H groups in total. The van der Waals surface area contributed by atoms with Gasteiger partial charge in [-0.25, -0.2) is 5.26 Å². The first kappa shape index (κ1) is 6.63. The van der Waals surface area contributed by atoms with E-state index < -0.39 is 0 Å². The lowest BCUT2D eigenvalue weighted by molar-refractivity contribution is -0.789. The molecule has 0 amide bonds. The lowest BCUT2D eigenvalue weighted by atomic mass is 9.91. The minimum Gasteiger partial charge on any atom is -0.558 e. The van der Waals surface area contributed by atoms with Crippen LogP contribution in [-0.4, -0.2) is 20.5 Å². The average molecular weight is 122 g/mol. The zero-order chi connectivity index (χ0) is 6.53.